The van der Waals surface area contributed by atoms with E-state index in [9.17, 15) is 0 Å². The quantitative estimate of drug-likeness (QED) is 0.622. The van der Waals surface area contributed by atoms with Crippen molar-refractivity contribution in [2.45, 2.75) is 18.9 Å². The molecule has 1 aliphatic carbocycles. The molecule has 0 spiro atoms. The second-order valence-corrected chi connectivity index (χ2v) is 3.44. The van der Waals surface area contributed by atoms with E-state index in [-0.39, 0.29) is 6.04 Å². The first kappa shape index (κ1) is 7.82. The SMILES string of the molecule is NC1=CC=C(Br)CCC1N. The Balaban J connectivity index is 2.70. The van der Waals surface area contributed by atoms with E-state index in [1.807, 2.05) is 12.2 Å². The zero-order valence-corrected chi connectivity index (χ0v) is 7.26. The van der Waals surface area contributed by atoms with Crippen LogP contribution < -0.4 is 11.5 Å². The van der Waals surface area contributed by atoms with Crippen molar-refractivity contribution in [2.24, 2.45) is 11.5 Å². The molecule has 10 heavy (non-hydrogen) atoms. The number of hydrogen-bond donors (Lipinski definition) is 2. The van der Waals surface area contributed by atoms with Gasteiger partial charge < -0.3 is 11.5 Å². The highest BCUT2D eigenvalue weighted by Gasteiger charge is 2.08. The minimum atomic E-state index is 0.0336. The number of allylic oxidation sites excluding steroid dienone is 3. The normalized spacial score (nSPS) is 26.8. The van der Waals surface area contributed by atoms with Crippen LogP contribution in [0.15, 0.2) is 22.3 Å². The smallest absolute Gasteiger partial charge is 0.0445 e. The van der Waals surface area contributed by atoms with Gasteiger partial charge in [0.15, 0.2) is 0 Å². The molecule has 0 saturated heterocycles. The molecule has 4 N–H and O–H groups in total. The van der Waals surface area contributed by atoms with Crippen LogP contribution in [0.1, 0.15) is 12.8 Å². The molecular weight excluding hydrogens is 192 g/mol. The number of halogens is 1. The van der Waals surface area contributed by atoms with Crippen LogP contribution in [-0.2, 0) is 0 Å². The van der Waals surface area contributed by atoms with Gasteiger partial charge in [0.1, 0.15) is 0 Å². The van der Waals surface area contributed by atoms with E-state index in [0.717, 1.165) is 18.5 Å². The Labute approximate surface area is 69.1 Å². The Morgan fingerprint density at radius 1 is 1.50 bits per heavy atom. The van der Waals surface area contributed by atoms with Gasteiger partial charge in [0.2, 0.25) is 0 Å². The molecule has 0 radical (unpaired) electrons. The largest absolute Gasteiger partial charge is 0.401 e. The Kier molecular flexibility index (Phi) is 2.51. The molecular formula is C7H11BrN2. The van der Waals surface area contributed by atoms with Gasteiger partial charge in [-0.15, -0.1) is 0 Å². The molecule has 1 unspecified atom stereocenters. The fourth-order valence-electron chi connectivity index (χ4n) is 0.854. The maximum atomic E-state index is 5.69. The third-order valence-electron chi connectivity index (χ3n) is 1.58. The lowest BCUT2D eigenvalue weighted by Gasteiger charge is -2.07. The monoisotopic (exact) mass is 202 g/mol. The highest BCUT2D eigenvalue weighted by molar-refractivity contribution is 9.11. The van der Waals surface area contributed by atoms with Crippen LogP contribution in [0.3, 0.4) is 0 Å². The summed E-state index contributed by atoms with van der Waals surface area (Å²) >= 11 is 3.40. The summed E-state index contributed by atoms with van der Waals surface area (Å²) in [4.78, 5) is 0. The molecule has 56 valence electrons. The Morgan fingerprint density at radius 2 is 2.20 bits per heavy atom. The highest BCUT2D eigenvalue weighted by Crippen LogP contribution is 2.18. The summed E-state index contributed by atoms with van der Waals surface area (Å²) in [5.74, 6) is 0. The molecule has 0 fully saturated rings. The molecule has 0 aliphatic heterocycles. The van der Waals surface area contributed by atoms with Gasteiger partial charge in [-0.3, -0.25) is 0 Å². The van der Waals surface area contributed by atoms with E-state index in [0.29, 0.717) is 0 Å². The van der Waals surface area contributed by atoms with Crippen LogP contribution in [-0.4, -0.2) is 6.04 Å². The maximum Gasteiger partial charge on any atom is 0.0445 e. The molecule has 1 atom stereocenters. The van der Waals surface area contributed by atoms with Gasteiger partial charge >= 0.3 is 0 Å². The molecule has 0 aromatic carbocycles. The summed E-state index contributed by atoms with van der Waals surface area (Å²) < 4.78 is 1.17. The van der Waals surface area contributed by atoms with Crippen LogP contribution >= 0.6 is 15.9 Å². The van der Waals surface area contributed by atoms with E-state index in [1.165, 1.54) is 4.48 Å². The minimum Gasteiger partial charge on any atom is -0.401 e. The van der Waals surface area contributed by atoms with Crippen molar-refractivity contribution >= 4 is 15.9 Å². The summed E-state index contributed by atoms with van der Waals surface area (Å²) in [6.07, 6.45) is 5.74. The number of hydrogen-bond acceptors (Lipinski definition) is 2. The van der Waals surface area contributed by atoms with E-state index in [1.54, 1.807) is 0 Å². The van der Waals surface area contributed by atoms with Crippen molar-refractivity contribution in [1.29, 1.82) is 0 Å². The first-order valence-electron chi connectivity index (χ1n) is 3.27. The van der Waals surface area contributed by atoms with Crippen LogP contribution in [0.25, 0.3) is 0 Å². The maximum absolute atomic E-state index is 5.69. The first-order chi connectivity index (χ1) is 4.70. The Morgan fingerprint density at radius 3 is 2.90 bits per heavy atom. The van der Waals surface area contributed by atoms with Gasteiger partial charge in [0, 0.05) is 11.7 Å². The van der Waals surface area contributed by atoms with Crippen molar-refractivity contribution in [2.75, 3.05) is 0 Å². The fourth-order valence-corrected chi connectivity index (χ4v) is 1.21. The van der Waals surface area contributed by atoms with Crippen molar-refractivity contribution in [1.82, 2.24) is 0 Å². The van der Waals surface area contributed by atoms with Crippen molar-refractivity contribution in [3.05, 3.63) is 22.3 Å². The molecule has 2 nitrogen and oxygen atoms in total. The first-order valence-corrected chi connectivity index (χ1v) is 4.07. The van der Waals surface area contributed by atoms with Crippen LogP contribution in [0, 0.1) is 0 Å². The second-order valence-electron chi connectivity index (χ2n) is 2.43. The average molecular weight is 203 g/mol. The summed E-state index contributed by atoms with van der Waals surface area (Å²) in [7, 11) is 0. The van der Waals surface area contributed by atoms with Gasteiger partial charge in [-0.25, -0.2) is 0 Å². The van der Waals surface area contributed by atoms with E-state index in [4.69, 9.17) is 11.5 Å². The lowest BCUT2D eigenvalue weighted by molar-refractivity contribution is 0.696. The van der Waals surface area contributed by atoms with Crippen molar-refractivity contribution < 1.29 is 0 Å². The van der Waals surface area contributed by atoms with Crippen LogP contribution in [0.4, 0.5) is 0 Å². The summed E-state index contributed by atoms with van der Waals surface area (Å²) in [5.41, 5.74) is 12.1. The lowest BCUT2D eigenvalue weighted by atomic mass is 10.1. The van der Waals surface area contributed by atoms with E-state index in [2.05, 4.69) is 15.9 Å². The zero-order chi connectivity index (χ0) is 7.56. The fraction of sp³-hybridized carbons (Fsp3) is 0.429. The third kappa shape index (κ3) is 1.85. The second kappa shape index (κ2) is 3.21. The van der Waals surface area contributed by atoms with Crippen LogP contribution in [0.2, 0.25) is 0 Å². The summed E-state index contributed by atoms with van der Waals surface area (Å²) in [5, 5.41) is 0. The average Bonchev–Trinajstić information content (AvgIpc) is 2.04. The predicted molar refractivity (Wildman–Crippen MR) is 46.5 cm³/mol. The minimum absolute atomic E-state index is 0.0336. The highest BCUT2D eigenvalue weighted by atomic mass is 79.9. The molecule has 3 heteroatoms. The molecule has 1 aliphatic rings. The molecule has 0 amide bonds. The molecule has 0 aromatic rings. The van der Waals surface area contributed by atoms with Gasteiger partial charge in [-0.1, -0.05) is 22.0 Å². The summed E-state index contributed by atoms with van der Waals surface area (Å²) in [6, 6.07) is 0.0336. The molecule has 0 aromatic heterocycles. The Hall–Kier alpha value is -0.280. The van der Waals surface area contributed by atoms with Gasteiger partial charge in [0.25, 0.3) is 0 Å². The number of nitrogens with two attached hydrogens (primary N) is 2. The predicted octanol–water partition coefficient (Wildman–Crippen LogP) is 1.23. The van der Waals surface area contributed by atoms with Crippen molar-refractivity contribution in [3.8, 4) is 0 Å². The Bertz CT molecular complexity index is 184. The van der Waals surface area contributed by atoms with Gasteiger partial charge in [-0.05, 0) is 23.4 Å². The standard InChI is InChI=1S/C7H11BrN2/c8-5-1-3-6(9)7(10)4-2-5/h1,3,7H,2,4,9-10H2. The topological polar surface area (TPSA) is 52.0 Å². The van der Waals surface area contributed by atoms with Crippen LogP contribution in [0.5, 0.6) is 0 Å². The van der Waals surface area contributed by atoms with Gasteiger partial charge in [0.05, 0.1) is 0 Å². The molecule has 1 rings (SSSR count). The van der Waals surface area contributed by atoms with E-state index < -0.39 is 0 Å². The zero-order valence-electron chi connectivity index (χ0n) is 5.68. The molecule has 0 saturated carbocycles. The van der Waals surface area contributed by atoms with E-state index >= 15 is 0 Å². The summed E-state index contributed by atoms with van der Waals surface area (Å²) in [6.45, 7) is 0. The number of rotatable bonds is 0. The van der Waals surface area contributed by atoms with Crippen molar-refractivity contribution in [3.63, 3.8) is 0 Å². The molecule has 0 bridgehead atoms. The van der Waals surface area contributed by atoms with Gasteiger partial charge in [-0.2, -0.15) is 0 Å². The molecule has 0 heterocycles. The third-order valence-corrected chi connectivity index (χ3v) is 2.24. The lowest BCUT2D eigenvalue weighted by Crippen LogP contribution is -2.26.